The first-order chi connectivity index (χ1) is 12.1. The normalized spacial score (nSPS) is 16.3. The SMILES string of the molecule is CCNC(=NCc1nnc2n1CCCC2)NCC(C)(O)c1ccsc1.I. The molecule has 1 aliphatic heterocycles. The first kappa shape index (κ1) is 21.1. The summed E-state index contributed by atoms with van der Waals surface area (Å²) in [5, 5.41) is 29.6. The van der Waals surface area contributed by atoms with Gasteiger partial charge in [-0.25, -0.2) is 4.99 Å². The molecule has 0 radical (unpaired) electrons. The fourth-order valence-corrected chi connectivity index (χ4v) is 3.69. The average molecular weight is 490 g/mol. The van der Waals surface area contributed by atoms with Gasteiger partial charge in [0.2, 0.25) is 0 Å². The quantitative estimate of drug-likeness (QED) is 0.329. The van der Waals surface area contributed by atoms with E-state index < -0.39 is 5.60 Å². The number of fused-ring (bicyclic) bond motifs is 1. The van der Waals surface area contributed by atoms with E-state index in [1.807, 2.05) is 23.8 Å². The number of halogens is 1. The molecule has 0 saturated heterocycles. The topological polar surface area (TPSA) is 87.4 Å². The first-order valence-corrected chi connectivity index (χ1v) is 9.72. The van der Waals surface area contributed by atoms with Crippen LogP contribution >= 0.6 is 35.3 Å². The number of aryl methyl sites for hydroxylation is 1. The van der Waals surface area contributed by atoms with Crippen LogP contribution in [0.2, 0.25) is 0 Å². The Labute approximate surface area is 175 Å². The number of hydrogen-bond donors (Lipinski definition) is 3. The van der Waals surface area contributed by atoms with Gasteiger partial charge in [0.05, 0.1) is 6.54 Å². The van der Waals surface area contributed by atoms with Crippen molar-refractivity contribution in [1.29, 1.82) is 0 Å². The lowest BCUT2D eigenvalue weighted by Gasteiger charge is -2.24. The number of guanidine groups is 1. The maximum Gasteiger partial charge on any atom is 0.191 e. The molecule has 0 saturated carbocycles. The summed E-state index contributed by atoms with van der Waals surface area (Å²) in [4.78, 5) is 4.61. The summed E-state index contributed by atoms with van der Waals surface area (Å²) in [6.07, 6.45) is 3.35. The molecule has 3 heterocycles. The van der Waals surface area contributed by atoms with Crippen molar-refractivity contribution in [2.24, 2.45) is 4.99 Å². The molecule has 26 heavy (non-hydrogen) atoms. The van der Waals surface area contributed by atoms with Crippen LogP contribution in [0.15, 0.2) is 21.8 Å². The van der Waals surface area contributed by atoms with E-state index in [2.05, 4.69) is 30.4 Å². The summed E-state index contributed by atoms with van der Waals surface area (Å²) in [5.41, 5.74) is -0.0307. The van der Waals surface area contributed by atoms with Crippen molar-refractivity contribution in [3.8, 4) is 0 Å². The molecule has 3 N–H and O–H groups in total. The third kappa shape index (κ3) is 5.17. The lowest BCUT2D eigenvalue weighted by atomic mass is 9.99. The standard InChI is InChI=1S/C17H26N6OS.HI/c1-3-18-16(20-12-17(2,24)13-7-9-25-11-13)19-10-15-22-21-14-6-4-5-8-23(14)15;/h7,9,11,24H,3-6,8,10,12H2,1-2H3,(H2,18,19,20);1H. The minimum Gasteiger partial charge on any atom is -0.384 e. The molecule has 7 nitrogen and oxygen atoms in total. The number of rotatable bonds is 6. The molecule has 9 heteroatoms. The molecule has 144 valence electrons. The smallest absolute Gasteiger partial charge is 0.191 e. The van der Waals surface area contributed by atoms with Crippen LogP contribution in [0.1, 0.15) is 43.9 Å². The molecule has 0 fully saturated rings. The fourth-order valence-electron chi connectivity index (χ4n) is 2.91. The largest absolute Gasteiger partial charge is 0.384 e. The van der Waals surface area contributed by atoms with Crippen LogP contribution in [0.5, 0.6) is 0 Å². The lowest BCUT2D eigenvalue weighted by Crippen LogP contribution is -2.44. The average Bonchev–Trinajstić information content (AvgIpc) is 3.28. The minimum absolute atomic E-state index is 0. The van der Waals surface area contributed by atoms with E-state index in [4.69, 9.17) is 0 Å². The predicted octanol–water partition coefficient (Wildman–Crippen LogP) is 2.26. The Morgan fingerprint density at radius 1 is 1.38 bits per heavy atom. The first-order valence-electron chi connectivity index (χ1n) is 8.78. The maximum atomic E-state index is 10.6. The zero-order chi connectivity index (χ0) is 17.7. The van der Waals surface area contributed by atoms with Crippen LogP contribution < -0.4 is 10.6 Å². The van der Waals surface area contributed by atoms with Gasteiger partial charge >= 0.3 is 0 Å². The summed E-state index contributed by atoms with van der Waals surface area (Å²) in [6.45, 7) is 6.42. The Kier molecular flexibility index (Phi) is 7.84. The van der Waals surface area contributed by atoms with E-state index >= 15 is 0 Å². The number of nitrogens with zero attached hydrogens (tertiary/aromatic N) is 4. The monoisotopic (exact) mass is 490 g/mol. The molecule has 0 aliphatic carbocycles. The van der Waals surface area contributed by atoms with Gasteiger partial charge in [0.1, 0.15) is 18.0 Å². The molecule has 0 bridgehead atoms. The van der Waals surface area contributed by atoms with Crippen LogP contribution in [0, 0.1) is 0 Å². The van der Waals surface area contributed by atoms with Gasteiger partial charge < -0.3 is 20.3 Å². The molecule has 3 rings (SSSR count). The van der Waals surface area contributed by atoms with Crippen LogP contribution in [0.4, 0.5) is 0 Å². The third-order valence-electron chi connectivity index (χ3n) is 4.40. The van der Waals surface area contributed by atoms with Gasteiger partial charge in [-0.05, 0) is 49.1 Å². The predicted molar refractivity (Wildman–Crippen MR) is 115 cm³/mol. The zero-order valence-electron chi connectivity index (χ0n) is 15.2. The molecule has 0 aromatic carbocycles. The van der Waals surface area contributed by atoms with Crippen LogP contribution in [0.3, 0.4) is 0 Å². The number of hydrogen-bond acceptors (Lipinski definition) is 5. The second-order valence-corrected chi connectivity index (χ2v) is 7.26. The van der Waals surface area contributed by atoms with Crippen LogP contribution in [-0.2, 0) is 25.1 Å². The van der Waals surface area contributed by atoms with E-state index in [1.165, 1.54) is 12.8 Å². The van der Waals surface area contributed by atoms with Crippen LogP contribution in [0.25, 0.3) is 0 Å². The van der Waals surface area contributed by atoms with Gasteiger partial charge in [-0.2, -0.15) is 11.3 Å². The number of aromatic nitrogens is 3. The van der Waals surface area contributed by atoms with Crippen molar-refractivity contribution >= 4 is 41.3 Å². The Morgan fingerprint density at radius 2 is 2.23 bits per heavy atom. The highest BCUT2D eigenvalue weighted by molar-refractivity contribution is 14.0. The highest BCUT2D eigenvalue weighted by Crippen LogP contribution is 2.22. The molecule has 1 atom stereocenters. The van der Waals surface area contributed by atoms with Crippen molar-refractivity contribution in [1.82, 2.24) is 25.4 Å². The second kappa shape index (κ2) is 9.65. The van der Waals surface area contributed by atoms with E-state index in [9.17, 15) is 5.11 Å². The minimum atomic E-state index is -0.940. The van der Waals surface area contributed by atoms with Crippen molar-refractivity contribution in [3.63, 3.8) is 0 Å². The number of nitrogens with one attached hydrogen (secondary N) is 2. The van der Waals surface area contributed by atoms with E-state index in [-0.39, 0.29) is 24.0 Å². The van der Waals surface area contributed by atoms with E-state index in [0.717, 1.165) is 36.7 Å². The maximum absolute atomic E-state index is 10.6. The van der Waals surface area contributed by atoms with Crippen LogP contribution in [-0.4, -0.2) is 38.9 Å². The molecular formula is C17H27IN6OS. The summed E-state index contributed by atoms with van der Waals surface area (Å²) in [7, 11) is 0. The molecule has 0 amide bonds. The second-order valence-electron chi connectivity index (χ2n) is 6.48. The van der Waals surface area contributed by atoms with Crippen molar-refractivity contribution in [2.45, 2.75) is 51.8 Å². The van der Waals surface area contributed by atoms with E-state index in [1.54, 1.807) is 18.3 Å². The molecule has 1 unspecified atom stereocenters. The Balaban J connectivity index is 0.00000243. The number of thiophene rings is 1. The summed E-state index contributed by atoms with van der Waals surface area (Å²) in [6, 6.07) is 1.94. The lowest BCUT2D eigenvalue weighted by molar-refractivity contribution is 0.0621. The Bertz CT molecular complexity index is 713. The summed E-state index contributed by atoms with van der Waals surface area (Å²) >= 11 is 1.58. The zero-order valence-corrected chi connectivity index (χ0v) is 18.4. The Morgan fingerprint density at radius 3 is 2.96 bits per heavy atom. The molecular weight excluding hydrogens is 463 g/mol. The van der Waals surface area contributed by atoms with Gasteiger partial charge in [-0.3, -0.25) is 0 Å². The fraction of sp³-hybridized carbons (Fsp3) is 0.588. The van der Waals surface area contributed by atoms with Gasteiger partial charge in [-0.1, -0.05) is 0 Å². The van der Waals surface area contributed by atoms with Crippen molar-refractivity contribution < 1.29 is 5.11 Å². The van der Waals surface area contributed by atoms with Gasteiger partial charge in [-0.15, -0.1) is 34.2 Å². The third-order valence-corrected chi connectivity index (χ3v) is 5.09. The Hall–Kier alpha value is -1.20. The number of aliphatic hydroxyl groups is 1. The van der Waals surface area contributed by atoms with Gasteiger partial charge in [0, 0.05) is 19.5 Å². The highest BCUT2D eigenvalue weighted by atomic mass is 127. The van der Waals surface area contributed by atoms with E-state index in [0.29, 0.717) is 19.0 Å². The summed E-state index contributed by atoms with van der Waals surface area (Å²) in [5.74, 6) is 2.64. The summed E-state index contributed by atoms with van der Waals surface area (Å²) < 4.78 is 2.18. The molecule has 2 aromatic rings. The molecule has 2 aromatic heterocycles. The molecule has 1 aliphatic rings. The van der Waals surface area contributed by atoms with Gasteiger partial charge in [0.15, 0.2) is 11.8 Å². The highest BCUT2D eigenvalue weighted by Gasteiger charge is 2.23. The van der Waals surface area contributed by atoms with Gasteiger partial charge in [0.25, 0.3) is 0 Å². The van der Waals surface area contributed by atoms with Crippen molar-refractivity contribution in [2.75, 3.05) is 13.1 Å². The molecule has 0 spiro atoms. The van der Waals surface area contributed by atoms with Crippen molar-refractivity contribution in [3.05, 3.63) is 34.0 Å². The number of aliphatic imine (C=N–C) groups is 1.